The highest BCUT2D eigenvalue weighted by molar-refractivity contribution is 5.30. The minimum absolute atomic E-state index is 0.299. The molecular weight excluding hydrogens is 212 g/mol. The van der Waals surface area contributed by atoms with E-state index in [1.807, 2.05) is 24.4 Å². The zero-order valence-corrected chi connectivity index (χ0v) is 10.2. The summed E-state index contributed by atoms with van der Waals surface area (Å²) in [5.41, 5.74) is 2.43. The molecule has 0 aliphatic carbocycles. The van der Waals surface area contributed by atoms with Crippen molar-refractivity contribution in [3.63, 3.8) is 0 Å². The SMILES string of the molecule is COc1cccc(C(C)NCc2ccc[nH]2)c1. The summed E-state index contributed by atoms with van der Waals surface area (Å²) in [6.45, 7) is 2.99. The molecule has 3 nitrogen and oxygen atoms in total. The van der Waals surface area contributed by atoms with E-state index in [9.17, 15) is 0 Å². The largest absolute Gasteiger partial charge is 0.497 e. The molecule has 3 heteroatoms. The van der Waals surface area contributed by atoms with Gasteiger partial charge in [0.15, 0.2) is 0 Å². The van der Waals surface area contributed by atoms with Crippen LogP contribution in [-0.4, -0.2) is 12.1 Å². The molecule has 0 aliphatic rings. The first kappa shape index (κ1) is 11.7. The Hall–Kier alpha value is -1.74. The van der Waals surface area contributed by atoms with Gasteiger partial charge in [0.05, 0.1) is 7.11 Å². The predicted molar refractivity (Wildman–Crippen MR) is 69.0 cm³/mol. The molecule has 1 unspecified atom stereocenters. The topological polar surface area (TPSA) is 37.0 Å². The Morgan fingerprint density at radius 2 is 2.18 bits per heavy atom. The van der Waals surface area contributed by atoms with Crippen LogP contribution in [0.4, 0.5) is 0 Å². The molecule has 0 spiro atoms. The lowest BCUT2D eigenvalue weighted by atomic mass is 10.1. The van der Waals surface area contributed by atoms with Crippen molar-refractivity contribution in [3.8, 4) is 5.75 Å². The number of nitrogens with one attached hydrogen (secondary N) is 2. The molecule has 2 aromatic rings. The summed E-state index contributed by atoms with van der Waals surface area (Å²) in [5.74, 6) is 0.899. The Labute approximate surface area is 102 Å². The highest BCUT2D eigenvalue weighted by Crippen LogP contribution is 2.18. The maximum absolute atomic E-state index is 5.22. The van der Waals surface area contributed by atoms with E-state index >= 15 is 0 Å². The van der Waals surface area contributed by atoms with Crippen molar-refractivity contribution in [2.75, 3.05) is 7.11 Å². The number of aromatic nitrogens is 1. The second kappa shape index (κ2) is 5.55. The first-order chi connectivity index (χ1) is 8.29. The monoisotopic (exact) mass is 230 g/mol. The second-order valence-electron chi connectivity index (χ2n) is 4.07. The Bertz CT molecular complexity index is 451. The molecule has 90 valence electrons. The minimum atomic E-state index is 0.299. The third-order valence-electron chi connectivity index (χ3n) is 2.85. The zero-order chi connectivity index (χ0) is 12.1. The second-order valence-corrected chi connectivity index (χ2v) is 4.07. The number of rotatable bonds is 5. The van der Waals surface area contributed by atoms with Crippen LogP contribution in [0.2, 0.25) is 0 Å². The Kier molecular flexibility index (Phi) is 3.83. The van der Waals surface area contributed by atoms with E-state index in [-0.39, 0.29) is 0 Å². The maximum Gasteiger partial charge on any atom is 0.119 e. The fraction of sp³-hybridized carbons (Fsp3) is 0.286. The van der Waals surface area contributed by atoms with Gasteiger partial charge in [-0.15, -0.1) is 0 Å². The van der Waals surface area contributed by atoms with Crippen LogP contribution in [0, 0.1) is 0 Å². The molecule has 2 rings (SSSR count). The molecule has 0 saturated heterocycles. The summed E-state index contributed by atoms with van der Waals surface area (Å²) in [6.07, 6.45) is 1.94. The summed E-state index contributed by atoms with van der Waals surface area (Å²) < 4.78 is 5.22. The van der Waals surface area contributed by atoms with Crippen molar-refractivity contribution in [2.24, 2.45) is 0 Å². The Morgan fingerprint density at radius 3 is 2.88 bits per heavy atom. The highest BCUT2D eigenvalue weighted by Gasteiger charge is 2.05. The highest BCUT2D eigenvalue weighted by atomic mass is 16.5. The summed E-state index contributed by atoms with van der Waals surface area (Å²) in [5, 5.41) is 3.47. The van der Waals surface area contributed by atoms with Gasteiger partial charge in [-0.3, -0.25) is 0 Å². The fourth-order valence-electron chi connectivity index (χ4n) is 1.77. The molecule has 0 aliphatic heterocycles. The average molecular weight is 230 g/mol. The molecule has 0 radical (unpaired) electrons. The predicted octanol–water partition coefficient (Wildman–Crippen LogP) is 2.87. The third-order valence-corrected chi connectivity index (χ3v) is 2.85. The molecule has 0 bridgehead atoms. The maximum atomic E-state index is 5.22. The third kappa shape index (κ3) is 3.11. The van der Waals surface area contributed by atoms with Gasteiger partial charge in [0, 0.05) is 24.5 Å². The average Bonchev–Trinajstić information content (AvgIpc) is 2.89. The van der Waals surface area contributed by atoms with E-state index in [4.69, 9.17) is 4.74 Å². The van der Waals surface area contributed by atoms with Gasteiger partial charge in [0.25, 0.3) is 0 Å². The van der Waals surface area contributed by atoms with E-state index in [0.717, 1.165) is 12.3 Å². The molecule has 1 aromatic heterocycles. The van der Waals surface area contributed by atoms with Crippen molar-refractivity contribution >= 4 is 0 Å². The summed E-state index contributed by atoms with van der Waals surface area (Å²) in [4.78, 5) is 3.18. The van der Waals surface area contributed by atoms with Crippen LogP contribution in [0.5, 0.6) is 5.75 Å². The smallest absolute Gasteiger partial charge is 0.119 e. The van der Waals surface area contributed by atoms with Crippen LogP contribution in [-0.2, 0) is 6.54 Å². The van der Waals surface area contributed by atoms with Crippen LogP contribution in [0.25, 0.3) is 0 Å². The number of ether oxygens (including phenoxy) is 1. The Balaban J connectivity index is 1.96. The number of hydrogen-bond donors (Lipinski definition) is 2. The molecule has 17 heavy (non-hydrogen) atoms. The Morgan fingerprint density at radius 1 is 1.29 bits per heavy atom. The molecule has 1 aromatic carbocycles. The lowest BCUT2D eigenvalue weighted by molar-refractivity contribution is 0.413. The number of methoxy groups -OCH3 is 1. The molecule has 0 fully saturated rings. The van der Waals surface area contributed by atoms with Crippen LogP contribution in [0.3, 0.4) is 0 Å². The van der Waals surface area contributed by atoms with Gasteiger partial charge in [-0.25, -0.2) is 0 Å². The first-order valence-electron chi connectivity index (χ1n) is 5.79. The molecular formula is C14H18N2O. The van der Waals surface area contributed by atoms with E-state index < -0.39 is 0 Å². The lowest BCUT2D eigenvalue weighted by Crippen LogP contribution is -2.18. The normalized spacial score (nSPS) is 12.4. The van der Waals surface area contributed by atoms with E-state index in [1.165, 1.54) is 11.3 Å². The van der Waals surface area contributed by atoms with E-state index in [1.54, 1.807) is 7.11 Å². The molecule has 2 N–H and O–H groups in total. The summed E-state index contributed by atoms with van der Waals surface area (Å²) >= 11 is 0. The quantitative estimate of drug-likeness (QED) is 0.828. The molecule has 1 heterocycles. The summed E-state index contributed by atoms with van der Waals surface area (Å²) in [6, 6.07) is 12.5. The van der Waals surface area contributed by atoms with Gasteiger partial charge in [0.1, 0.15) is 5.75 Å². The van der Waals surface area contributed by atoms with Crippen LogP contribution in [0.1, 0.15) is 24.2 Å². The van der Waals surface area contributed by atoms with Gasteiger partial charge in [0.2, 0.25) is 0 Å². The van der Waals surface area contributed by atoms with Crippen LogP contribution in [0.15, 0.2) is 42.6 Å². The molecule has 0 saturated carbocycles. The number of benzene rings is 1. The van der Waals surface area contributed by atoms with Crippen molar-refractivity contribution in [2.45, 2.75) is 19.5 Å². The van der Waals surface area contributed by atoms with E-state index in [0.29, 0.717) is 6.04 Å². The number of H-pyrrole nitrogens is 1. The van der Waals surface area contributed by atoms with Gasteiger partial charge in [-0.2, -0.15) is 0 Å². The molecule has 0 amide bonds. The van der Waals surface area contributed by atoms with Crippen molar-refractivity contribution in [3.05, 3.63) is 53.9 Å². The number of aromatic amines is 1. The van der Waals surface area contributed by atoms with Crippen molar-refractivity contribution < 1.29 is 4.74 Å². The van der Waals surface area contributed by atoms with E-state index in [2.05, 4.69) is 35.4 Å². The van der Waals surface area contributed by atoms with Crippen molar-refractivity contribution in [1.29, 1.82) is 0 Å². The number of hydrogen-bond acceptors (Lipinski definition) is 2. The standard InChI is InChI=1S/C14H18N2O/c1-11(16-10-13-6-4-8-15-13)12-5-3-7-14(9-12)17-2/h3-9,11,15-16H,10H2,1-2H3. The summed E-state index contributed by atoms with van der Waals surface area (Å²) in [7, 11) is 1.69. The van der Waals surface area contributed by atoms with Gasteiger partial charge in [-0.05, 0) is 36.8 Å². The van der Waals surface area contributed by atoms with Crippen molar-refractivity contribution in [1.82, 2.24) is 10.3 Å². The van der Waals surface area contributed by atoms with Gasteiger partial charge < -0.3 is 15.0 Å². The first-order valence-corrected chi connectivity index (χ1v) is 5.79. The van der Waals surface area contributed by atoms with Gasteiger partial charge in [-0.1, -0.05) is 12.1 Å². The molecule has 1 atom stereocenters. The minimum Gasteiger partial charge on any atom is -0.497 e. The van der Waals surface area contributed by atoms with Gasteiger partial charge >= 0.3 is 0 Å². The lowest BCUT2D eigenvalue weighted by Gasteiger charge is -2.14. The fourth-order valence-corrected chi connectivity index (χ4v) is 1.77. The van der Waals surface area contributed by atoms with Crippen LogP contribution >= 0.6 is 0 Å². The zero-order valence-electron chi connectivity index (χ0n) is 10.2. The van der Waals surface area contributed by atoms with Crippen LogP contribution < -0.4 is 10.1 Å².